The Morgan fingerprint density at radius 3 is 2.73 bits per heavy atom. The number of nitrogens with zero attached hydrogens (tertiary/aromatic N) is 1. The zero-order valence-corrected chi connectivity index (χ0v) is 8.95. The van der Waals surface area contributed by atoms with Gasteiger partial charge in [0.25, 0.3) is 0 Å². The van der Waals surface area contributed by atoms with Crippen molar-refractivity contribution < 1.29 is 14.0 Å². The average molecular weight is 273 g/mol. The molecular formula is C9H6BrFN2O2. The van der Waals surface area contributed by atoms with Crippen molar-refractivity contribution in [1.29, 1.82) is 0 Å². The summed E-state index contributed by atoms with van der Waals surface area (Å²) in [6, 6.07) is 2.76. The Morgan fingerprint density at radius 2 is 2.13 bits per heavy atom. The van der Waals surface area contributed by atoms with Gasteiger partial charge in [0.05, 0.1) is 16.2 Å². The van der Waals surface area contributed by atoms with E-state index in [4.69, 9.17) is 5.73 Å². The Bertz CT molecular complexity index is 513. The van der Waals surface area contributed by atoms with Crippen molar-refractivity contribution in [3.8, 4) is 16.9 Å². The van der Waals surface area contributed by atoms with Gasteiger partial charge in [-0.15, -0.1) is 0 Å². The number of rotatable bonds is 1. The first-order chi connectivity index (χ1) is 7.11. The SMILES string of the molecule is Nc1oncc1-c1ccc(O)c(Br)c1F. The average Bonchev–Trinajstić information content (AvgIpc) is 2.62. The summed E-state index contributed by atoms with van der Waals surface area (Å²) in [5.41, 5.74) is 6.03. The van der Waals surface area contributed by atoms with Crippen LogP contribution in [0.5, 0.6) is 5.75 Å². The molecule has 0 radical (unpaired) electrons. The maximum Gasteiger partial charge on any atom is 0.230 e. The summed E-state index contributed by atoms with van der Waals surface area (Å²) in [5, 5.41) is 12.7. The molecule has 0 unspecified atom stereocenters. The Hall–Kier alpha value is -1.56. The summed E-state index contributed by atoms with van der Waals surface area (Å²) in [7, 11) is 0. The van der Waals surface area contributed by atoms with E-state index in [1.807, 2.05) is 0 Å². The molecule has 0 fully saturated rings. The fourth-order valence-electron chi connectivity index (χ4n) is 1.20. The Labute approximate surface area is 92.6 Å². The highest BCUT2D eigenvalue weighted by Crippen LogP contribution is 2.35. The van der Waals surface area contributed by atoms with Gasteiger partial charge in [-0.1, -0.05) is 5.16 Å². The van der Waals surface area contributed by atoms with Crippen LogP contribution < -0.4 is 5.73 Å². The normalized spacial score (nSPS) is 10.5. The van der Waals surface area contributed by atoms with Crippen molar-refractivity contribution in [2.45, 2.75) is 0 Å². The molecular weight excluding hydrogens is 267 g/mol. The van der Waals surface area contributed by atoms with E-state index >= 15 is 0 Å². The van der Waals surface area contributed by atoms with Gasteiger partial charge in [-0.05, 0) is 28.1 Å². The third-order valence-electron chi connectivity index (χ3n) is 1.95. The molecule has 78 valence electrons. The smallest absolute Gasteiger partial charge is 0.230 e. The van der Waals surface area contributed by atoms with Crippen molar-refractivity contribution in [3.63, 3.8) is 0 Å². The molecule has 15 heavy (non-hydrogen) atoms. The fraction of sp³-hybridized carbons (Fsp3) is 0. The van der Waals surface area contributed by atoms with E-state index in [2.05, 4.69) is 25.6 Å². The minimum absolute atomic E-state index is 0.0133. The van der Waals surface area contributed by atoms with E-state index in [9.17, 15) is 9.50 Å². The van der Waals surface area contributed by atoms with Crippen LogP contribution in [0.25, 0.3) is 11.1 Å². The van der Waals surface area contributed by atoms with Crippen molar-refractivity contribution in [2.24, 2.45) is 0 Å². The zero-order valence-electron chi connectivity index (χ0n) is 7.37. The number of nitrogens with two attached hydrogens (primary N) is 1. The summed E-state index contributed by atoms with van der Waals surface area (Å²) >= 11 is 2.92. The van der Waals surface area contributed by atoms with Crippen LogP contribution in [0.15, 0.2) is 27.3 Å². The summed E-state index contributed by atoms with van der Waals surface area (Å²) < 4.78 is 18.3. The monoisotopic (exact) mass is 272 g/mol. The molecule has 3 N–H and O–H groups in total. The van der Waals surface area contributed by atoms with Gasteiger partial charge >= 0.3 is 0 Å². The maximum atomic E-state index is 13.7. The van der Waals surface area contributed by atoms with Gasteiger partial charge in [0.2, 0.25) is 5.88 Å². The highest BCUT2D eigenvalue weighted by Gasteiger charge is 2.16. The number of hydrogen-bond donors (Lipinski definition) is 2. The maximum absolute atomic E-state index is 13.7. The van der Waals surface area contributed by atoms with Gasteiger partial charge in [-0.25, -0.2) is 4.39 Å². The van der Waals surface area contributed by atoms with Gasteiger partial charge in [-0.3, -0.25) is 0 Å². The number of anilines is 1. The first-order valence-electron chi connectivity index (χ1n) is 3.98. The quantitative estimate of drug-likeness (QED) is 0.837. The lowest BCUT2D eigenvalue weighted by Gasteiger charge is -2.04. The summed E-state index contributed by atoms with van der Waals surface area (Å²) in [6.45, 7) is 0. The van der Waals surface area contributed by atoms with Gasteiger partial charge in [0.1, 0.15) is 11.6 Å². The van der Waals surface area contributed by atoms with Crippen molar-refractivity contribution in [1.82, 2.24) is 5.16 Å². The largest absolute Gasteiger partial charge is 0.507 e. The molecule has 1 aromatic heterocycles. The second-order valence-corrected chi connectivity index (χ2v) is 3.66. The van der Waals surface area contributed by atoms with Crippen LogP contribution in [0.2, 0.25) is 0 Å². The molecule has 4 nitrogen and oxygen atoms in total. The third kappa shape index (κ3) is 1.56. The molecule has 0 aliphatic rings. The number of halogens is 2. The number of aromatic hydroxyl groups is 1. The van der Waals surface area contributed by atoms with Gasteiger partial charge < -0.3 is 15.4 Å². The van der Waals surface area contributed by atoms with Gasteiger partial charge in [-0.2, -0.15) is 0 Å². The third-order valence-corrected chi connectivity index (χ3v) is 2.70. The van der Waals surface area contributed by atoms with Crippen molar-refractivity contribution in [3.05, 3.63) is 28.6 Å². The van der Waals surface area contributed by atoms with E-state index in [-0.39, 0.29) is 21.7 Å². The minimum Gasteiger partial charge on any atom is -0.507 e. The summed E-state index contributed by atoms with van der Waals surface area (Å²) in [6.07, 6.45) is 1.32. The van der Waals surface area contributed by atoms with Crippen LogP contribution in [-0.2, 0) is 0 Å². The Morgan fingerprint density at radius 1 is 1.40 bits per heavy atom. The minimum atomic E-state index is -0.607. The lowest BCUT2D eigenvalue weighted by molar-refractivity contribution is 0.436. The molecule has 0 aliphatic heterocycles. The molecule has 1 aromatic carbocycles. The van der Waals surface area contributed by atoms with Crippen LogP contribution >= 0.6 is 15.9 Å². The van der Waals surface area contributed by atoms with E-state index in [1.54, 1.807) is 0 Å². The standard InChI is InChI=1S/C9H6BrFN2O2/c10-7-6(14)2-1-4(8(7)11)5-3-13-15-9(5)12/h1-3,14H,12H2. The van der Waals surface area contributed by atoms with Crippen LogP contribution in [0, 0.1) is 5.82 Å². The topological polar surface area (TPSA) is 72.3 Å². The van der Waals surface area contributed by atoms with Gasteiger partial charge in [0, 0.05) is 5.56 Å². The molecule has 6 heteroatoms. The highest BCUT2D eigenvalue weighted by atomic mass is 79.9. The second kappa shape index (κ2) is 3.54. The van der Waals surface area contributed by atoms with E-state index in [0.29, 0.717) is 5.56 Å². The number of phenolic OH excluding ortho intramolecular Hbond substituents is 1. The highest BCUT2D eigenvalue weighted by molar-refractivity contribution is 9.10. The molecule has 0 atom stereocenters. The predicted octanol–water partition coefficient (Wildman–Crippen LogP) is 2.53. The molecule has 0 bridgehead atoms. The molecule has 0 saturated heterocycles. The lowest BCUT2D eigenvalue weighted by Crippen LogP contribution is -1.89. The Balaban J connectivity index is 2.65. The predicted molar refractivity (Wildman–Crippen MR) is 55.7 cm³/mol. The molecule has 2 rings (SSSR count). The van der Waals surface area contributed by atoms with Crippen LogP contribution in [0.3, 0.4) is 0 Å². The number of hydrogen-bond acceptors (Lipinski definition) is 4. The zero-order chi connectivity index (χ0) is 11.0. The molecule has 0 aliphatic carbocycles. The van der Waals surface area contributed by atoms with Crippen LogP contribution in [0.4, 0.5) is 10.3 Å². The molecule has 1 heterocycles. The lowest BCUT2D eigenvalue weighted by atomic mass is 10.1. The van der Waals surface area contributed by atoms with Gasteiger partial charge in [0.15, 0.2) is 0 Å². The first-order valence-corrected chi connectivity index (χ1v) is 4.78. The molecule has 0 saturated carbocycles. The van der Waals surface area contributed by atoms with E-state index < -0.39 is 5.82 Å². The molecule has 0 amide bonds. The molecule has 0 spiro atoms. The second-order valence-electron chi connectivity index (χ2n) is 2.86. The fourth-order valence-corrected chi connectivity index (χ4v) is 1.54. The van der Waals surface area contributed by atoms with Crippen LogP contribution in [0.1, 0.15) is 0 Å². The van der Waals surface area contributed by atoms with E-state index in [0.717, 1.165) is 0 Å². The Kier molecular flexibility index (Phi) is 2.36. The van der Waals surface area contributed by atoms with Crippen molar-refractivity contribution in [2.75, 3.05) is 5.73 Å². The number of benzene rings is 1. The van der Waals surface area contributed by atoms with Crippen molar-refractivity contribution >= 4 is 21.8 Å². The first kappa shape index (κ1) is 9.97. The van der Waals surface area contributed by atoms with Crippen LogP contribution in [-0.4, -0.2) is 10.3 Å². The molecule has 2 aromatic rings. The summed E-state index contributed by atoms with van der Waals surface area (Å²) in [4.78, 5) is 0. The number of aromatic nitrogens is 1. The summed E-state index contributed by atoms with van der Waals surface area (Å²) in [5.74, 6) is -0.748. The van der Waals surface area contributed by atoms with E-state index in [1.165, 1.54) is 18.3 Å². The number of phenols is 1. The number of nitrogen functional groups attached to an aromatic ring is 1.